The number of likely N-dealkylation sites (N-methyl/N-ethyl adjacent to an activating group) is 1. The number of nitro benzene ring substituents is 1. The number of hydrogen-bond donors (Lipinski definition) is 1. The van der Waals surface area contributed by atoms with Crippen molar-refractivity contribution < 1.29 is 23.3 Å². The average Bonchev–Trinajstić information content (AvgIpc) is 2.82. The first-order valence-corrected chi connectivity index (χ1v) is 7.33. The van der Waals surface area contributed by atoms with Crippen molar-refractivity contribution in [3.05, 3.63) is 75.5 Å². The number of hydrogen-bond acceptors (Lipinski definition) is 5. The third kappa shape index (κ3) is 2.90. The molecule has 1 aliphatic rings. The van der Waals surface area contributed by atoms with Gasteiger partial charge in [-0.25, -0.2) is 8.78 Å². The first-order chi connectivity index (χ1) is 12.3. The minimum Gasteiger partial charge on any atom is -0.350 e. The number of rotatable bonds is 4. The molecular formula is C17H11F2N3O4. The van der Waals surface area contributed by atoms with E-state index < -0.39 is 28.4 Å². The molecule has 1 N–H and O–H groups in total. The number of imide groups is 1. The van der Waals surface area contributed by atoms with E-state index in [0.29, 0.717) is 0 Å². The Morgan fingerprint density at radius 1 is 1.00 bits per heavy atom. The lowest BCUT2D eigenvalue weighted by atomic mass is 10.0. The van der Waals surface area contributed by atoms with Crippen LogP contribution in [0.5, 0.6) is 0 Å². The zero-order chi connectivity index (χ0) is 19.0. The summed E-state index contributed by atoms with van der Waals surface area (Å²) in [6.45, 7) is 0. The van der Waals surface area contributed by atoms with E-state index >= 15 is 0 Å². The Hall–Kier alpha value is -3.62. The lowest BCUT2D eigenvalue weighted by Crippen LogP contribution is -2.27. The molecule has 1 aliphatic heterocycles. The van der Waals surface area contributed by atoms with E-state index in [1.165, 1.54) is 37.4 Å². The van der Waals surface area contributed by atoms with Crippen molar-refractivity contribution in [1.82, 2.24) is 4.90 Å². The summed E-state index contributed by atoms with van der Waals surface area (Å²) in [6.07, 6.45) is 0. The topological polar surface area (TPSA) is 92.6 Å². The standard InChI is InChI=1S/C17H11F2N3O4/c1-21-16(23)14(9-2-5-11(6-3-9)22(25)26)15(17(21)24)20-10-4-7-12(18)13(19)8-10/h2-8,20H,1H3. The van der Waals surface area contributed by atoms with Crippen LogP contribution >= 0.6 is 0 Å². The molecule has 0 spiro atoms. The maximum absolute atomic E-state index is 13.4. The summed E-state index contributed by atoms with van der Waals surface area (Å²) in [4.78, 5) is 35.8. The van der Waals surface area contributed by atoms with Crippen LogP contribution in [0.3, 0.4) is 0 Å². The van der Waals surface area contributed by atoms with E-state index in [9.17, 15) is 28.5 Å². The third-order valence-corrected chi connectivity index (χ3v) is 3.84. The van der Waals surface area contributed by atoms with Gasteiger partial charge in [-0.2, -0.15) is 0 Å². The smallest absolute Gasteiger partial charge is 0.277 e. The van der Waals surface area contributed by atoms with Gasteiger partial charge < -0.3 is 5.32 Å². The monoisotopic (exact) mass is 359 g/mol. The fourth-order valence-electron chi connectivity index (χ4n) is 2.49. The van der Waals surface area contributed by atoms with Crippen LogP contribution in [-0.2, 0) is 9.59 Å². The van der Waals surface area contributed by atoms with E-state index in [0.717, 1.165) is 17.0 Å². The second-order valence-electron chi connectivity index (χ2n) is 5.48. The summed E-state index contributed by atoms with van der Waals surface area (Å²) < 4.78 is 26.4. The number of nitro groups is 1. The first-order valence-electron chi connectivity index (χ1n) is 7.33. The molecule has 0 aliphatic carbocycles. The van der Waals surface area contributed by atoms with E-state index in [-0.39, 0.29) is 28.2 Å². The van der Waals surface area contributed by atoms with Gasteiger partial charge >= 0.3 is 0 Å². The molecular weight excluding hydrogens is 348 g/mol. The van der Waals surface area contributed by atoms with Gasteiger partial charge in [0.2, 0.25) is 0 Å². The lowest BCUT2D eigenvalue weighted by molar-refractivity contribution is -0.384. The summed E-state index contributed by atoms with van der Waals surface area (Å²) in [6, 6.07) is 8.03. The molecule has 0 atom stereocenters. The van der Waals surface area contributed by atoms with Crippen LogP contribution in [0.4, 0.5) is 20.2 Å². The number of benzene rings is 2. The van der Waals surface area contributed by atoms with Crippen LogP contribution in [0.1, 0.15) is 5.56 Å². The average molecular weight is 359 g/mol. The van der Waals surface area contributed by atoms with Gasteiger partial charge in [0, 0.05) is 30.9 Å². The third-order valence-electron chi connectivity index (χ3n) is 3.84. The molecule has 1 heterocycles. The SMILES string of the molecule is CN1C(=O)C(Nc2ccc(F)c(F)c2)=C(c2ccc([N+](=O)[O-])cc2)C1=O. The molecule has 2 amide bonds. The fraction of sp³-hybridized carbons (Fsp3) is 0.0588. The van der Waals surface area contributed by atoms with Gasteiger partial charge in [0.1, 0.15) is 5.70 Å². The first kappa shape index (κ1) is 17.2. The van der Waals surface area contributed by atoms with Crippen molar-refractivity contribution in [2.75, 3.05) is 12.4 Å². The van der Waals surface area contributed by atoms with Crippen molar-refractivity contribution >= 4 is 28.8 Å². The maximum Gasteiger partial charge on any atom is 0.277 e. The molecule has 0 bridgehead atoms. The minimum atomic E-state index is -1.11. The number of carbonyl (C=O) groups excluding carboxylic acids is 2. The number of non-ortho nitro benzene ring substituents is 1. The maximum atomic E-state index is 13.4. The molecule has 2 aromatic rings. The summed E-state index contributed by atoms with van der Waals surface area (Å²) in [5, 5.41) is 13.4. The van der Waals surface area contributed by atoms with Gasteiger partial charge in [-0.3, -0.25) is 24.6 Å². The fourth-order valence-corrected chi connectivity index (χ4v) is 2.49. The van der Waals surface area contributed by atoms with E-state index in [1.807, 2.05) is 0 Å². The van der Waals surface area contributed by atoms with Crippen molar-refractivity contribution in [2.24, 2.45) is 0 Å². The van der Waals surface area contributed by atoms with Gasteiger partial charge in [-0.15, -0.1) is 0 Å². The van der Waals surface area contributed by atoms with Crippen molar-refractivity contribution in [3.63, 3.8) is 0 Å². The molecule has 3 rings (SSSR count). The number of nitrogens with zero attached hydrogens (tertiary/aromatic N) is 2. The Morgan fingerprint density at radius 2 is 1.65 bits per heavy atom. The highest BCUT2D eigenvalue weighted by molar-refractivity contribution is 6.36. The minimum absolute atomic E-state index is 0.0165. The van der Waals surface area contributed by atoms with Crippen LogP contribution in [0.15, 0.2) is 48.2 Å². The molecule has 7 nitrogen and oxygen atoms in total. The van der Waals surface area contributed by atoms with Crippen LogP contribution in [0.25, 0.3) is 5.57 Å². The summed E-state index contributed by atoms with van der Waals surface area (Å²) in [5.41, 5.74) is 0.0437. The van der Waals surface area contributed by atoms with Gasteiger partial charge in [0.25, 0.3) is 17.5 Å². The van der Waals surface area contributed by atoms with Crippen LogP contribution < -0.4 is 5.32 Å². The molecule has 0 saturated carbocycles. The quantitative estimate of drug-likeness (QED) is 0.515. The lowest BCUT2D eigenvalue weighted by Gasteiger charge is -2.09. The van der Waals surface area contributed by atoms with Gasteiger partial charge in [-0.1, -0.05) is 0 Å². The van der Waals surface area contributed by atoms with Gasteiger partial charge in [0.05, 0.1) is 10.5 Å². The molecule has 9 heteroatoms. The number of anilines is 1. The number of amides is 2. The largest absolute Gasteiger partial charge is 0.350 e. The zero-order valence-electron chi connectivity index (χ0n) is 13.3. The predicted molar refractivity (Wildman–Crippen MR) is 87.8 cm³/mol. The Bertz CT molecular complexity index is 970. The Labute approximate surface area is 145 Å². The second-order valence-corrected chi connectivity index (χ2v) is 5.48. The molecule has 0 unspecified atom stereocenters. The normalized spacial score (nSPS) is 14.2. The Kier molecular flexibility index (Phi) is 4.21. The summed E-state index contributed by atoms with van der Waals surface area (Å²) in [7, 11) is 1.27. The molecule has 0 fully saturated rings. The van der Waals surface area contributed by atoms with Crippen molar-refractivity contribution in [2.45, 2.75) is 0 Å². The van der Waals surface area contributed by atoms with Crippen molar-refractivity contribution in [1.29, 1.82) is 0 Å². The Balaban J connectivity index is 2.06. The van der Waals surface area contributed by atoms with E-state index in [4.69, 9.17) is 0 Å². The summed E-state index contributed by atoms with van der Waals surface area (Å²) >= 11 is 0. The Morgan fingerprint density at radius 3 is 2.23 bits per heavy atom. The predicted octanol–water partition coefficient (Wildman–Crippen LogP) is 2.69. The van der Waals surface area contributed by atoms with Crippen LogP contribution in [-0.4, -0.2) is 28.7 Å². The molecule has 132 valence electrons. The summed E-state index contributed by atoms with van der Waals surface area (Å²) in [5.74, 6) is -3.44. The highest BCUT2D eigenvalue weighted by atomic mass is 19.2. The molecule has 2 aromatic carbocycles. The van der Waals surface area contributed by atoms with Gasteiger partial charge in [-0.05, 0) is 29.8 Å². The van der Waals surface area contributed by atoms with E-state index in [1.54, 1.807) is 0 Å². The highest BCUT2D eigenvalue weighted by Gasteiger charge is 2.37. The molecule has 0 aromatic heterocycles. The van der Waals surface area contributed by atoms with Crippen molar-refractivity contribution in [3.8, 4) is 0 Å². The zero-order valence-corrected chi connectivity index (χ0v) is 13.3. The molecule has 0 radical (unpaired) electrons. The van der Waals surface area contributed by atoms with E-state index in [2.05, 4.69) is 5.32 Å². The molecule has 26 heavy (non-hydrogen) atoms. The number of halogens is 2. The number of carbonyl (C=O) groups is 2. The molecule has 0 saturated heterocycles. The van der Waals surface area contributed by atoms with Crippen LogP contribution in [0, 0.1) is 21.7 Å². The second kappa shape index (κ2) is 6.36. The number of nitrogens with one attached hydrogen (secondary N) is 1. The highest BCUT2D eigenvalue weighted by Crippen LogP contribution is 2.30. The van der Waals surface area contributed by atoms with Crippen LogP contribution in [0.2, 0.25) is 0 Å². The van der Waals surface area contributed by atoms with Gasteiger partial charge in [0.15, 0.2) is 11.6 Å².